The Balaban J connectivity index is 1.83. The number of fused-ring (bicyclic) bond motifs is 1. The summed E-state index contributed by atoms with van der Waals surface area (Å²) in [6.07, 6.45) is 2.00. The number of rotatable bonds is 4. The van der Waals surface area contributed by atoms with E-state index < -0.39 is 0 Å². The Morgan fingerprint density at radius 1 is 1.24 bits per heavy atom. The Bertz CT molecular complexity index is 785. The highest BCUT2D eigenvalue weighted by Gasteiger charge is 2.06. The lowest BCUT2D eigenvalue weighted by Crippen LogP contribution is -1.99. The zero-order valence-corrected chi connectivity index (χ0v) is 13.8. The molecule has 0 saturated heterocycles. The van der Waals surface area contributed by atoms with Gasteiger partial charge >= 0.3 is 0 Å². The number of halogens is 2. The second-order valence-corrected chi connectivity index (χ2v) is 5.99. The van der Waals surface area contributed by atoms with Gasteiger partial charge in [-0.2, -0.15) is 0 Å². The van der Waals surface area contributed by atoms with Crippen LogP contribution in [0.2, 0.25) is 5.02 Å². The first-order valence-electron chi connectivity index (χ1n) is 6.50. The van der Waals surface area contributed by atoms with Crippen molar-refractivity contribution in [2.24, 2.45) is 0 Å². The van der Waals surface area contributed by atoms with E-state index in [4.69, 9.17) is 16.3 Å². The second-order valence-electron chi connectivity index (χ2n) is 4.70. The first-order chi connectivity index (χ1) is 10.2. The Labute approximate surface area is 136 Å². The average Bonchev–Trinajstić information content (AvgIpc) is 2.88. The van der Waals surface area contributed by atoms with Gasteiger partial charge in [-0.15, -0.1) is 0 Å². The standard InChI is InChI=1S/C16H14BrClN2O/c1-21-12-3-5-14(17)16(7-12)20-9-10-8-19-15-6-11(18)2-4-13(10)15/h2-8,19-20H,9H2,1H3. The minimum absolute atomic E-state index is 0.716. The SMILES string of the molecule is COc1ccc(Br)c(NCc2c[nH]c3cc(Cl)ccc23)c1. The summed E-state index contributed by atoms with van der Waals surface area (Å²) >= 11 is 9.54. The number of methoxy groups -OCH3 is 1. The van der Waals surface area contributed by atoms with Crippen molar-refractivity contribution in [1.29, 1.82) is 0 Å². The summed E-state index contributed by atoms with van der Waals surface area (Å²) < 4.78 is 6.25. The van der Waals surface area contributed by atoms with Gasteiger partial charge in [-0.1, -0.05) is 17.7 Å². The van der Waals surface area contributed by atoms with Crippen molar-refractivity contribution >= 4 is 44.1 Å². The lowest BCUT2D eigenvalue weighted by Gasteiger charge is -2.10. The Hall–Kier alpha value is -1.65. The summed E-state index contributed by atoms with van der Waals surface area (Å²) in [6.45, 7) is 0.716. The zero-order chi connectivity index (χ0) is 14.8. The molecule has 1 heterocycles. The van der Waals surface area contributed by atoms with E-state index >= 15 is 0 Å². The minimum Gasteiger partial charge on any atom is -0.497 e. The molecular weight excluding hydrogens is 352 g/mol. The van der Waals surface area contributed by atoms with Gasteiger partial charge in [0.1, 0.15) is 5.75 Å². The van der Waals surface area contributed by atoms with Gasteiger partial charge < -0.3 is 15.0 Å². The Morgan fingerprint density at radius 3 is 2.90 bits per heavy atom. The van der Waals surface area contributed by atoms with Gasteiger partial charge in [0.2, 0.25) is 0 Å². The van der Waals surface area contributed by atoms with E-state index in [0.717, 1.165) is 26.4 Å². The van der Waals surface area contributed by atoms with E-state index in [9.17, 15) is 0 Å². The fraction of sp³-hybridized carbons (Fsp3) is 0.125. The number of benzene rings is 2. The summed E-state index contributed by atoms with van der Waals surface area (Å²) in [7, 11) is 1.66. The topological polar surface area (TPSA) is 37.0 Å². The number of ether oxygens (including phenoxy) is 1. The molecule has 0 bridgehead atoms. The lowest BCUT2D eigenvalue weighted by molar-refractivity contribution is 0.415. The van der Waals surface area contributed by atoms with Crippen LogP contribution in [0.4, 0.5) is 5.69 Å². The number of hydrogen-bond donors (Lipinski definition) is 2. The molecule has 0 fully saturated rings. The van der Waals surface area contributed by atoms with Crippen molar-refractivity contribution in [3.63, 3.8) is 0 Å². The summed E-state index contributed by atoms with van der Waals surface area (Å²) in [4.78, 5) is 3.24. The number of H-pyrrole nitrogens is 1. The van der Waals surface area contributed by atoms with Crippen molar-refractivity contribution in [1.82, 2.24) is 4.98 Å². The molecule has 21 heavy (non-hydrogen) atoms. The molecule has 0 radical (unpaired) electrons. The molecule has 0 atom stereocenters. The van der Waals surface area contributed by atoms with Crippen LogP contribution in [0, 0.1) is 0 Å². The quantitative estimate of drug-likeness (QED) is 0.666. The van der Waals surface area contributed by atoms with Crippen LogP contribution in [0.3, 0.4) is 0 Å². The molecule has 5 heteroatoms. The van der Waals surface area contributed by atoms with Crippen LogP contribution in [0.15, 0.2) is 47.1 Å². The molecule has 0 amide bonds. The molecule has 0 unspecified atom stereocenters. The van der Waals surface area contributed by atoms with Crippen LogP contribution in [-0.4, -0.2) is 12.1 Å². The van der Waals surface area contributed by atoms with Gasteiger partial charge in [0.05, 0.1) is 12.8 Å². The third-order valence-corrected chi connectivity index (χ3v) is 4.30. The number of anilines is 1. The van der Waals surface area contributed by atoms with Gasteiger partial charge in [-0.05, 0) is 45.8 Å². The molecule has 3 nitrogen and oxygen atoms in total. The van der Waals surface area contributed by atoms with Crippen molar-refractivity contribution in [3.8, 4) is 5.75 Å². The normalized spacial score (nSPS) is 10.8. The first-order valence-corrected chi connectivity index (χ1v) is 7.67. The number of aromatic nitrogens is 1. The maximum absolute atomic E-state index is 6.00. The predicted molar refractivity (Wildman–Crippen MR) is 91.3 cm³/mol. The molecule has 108 valence electrons. The van der Waals surface area contributed by atoms with Crippen molar-refractivity contribution in [3.05, 3.63) is 57.7 Å². The van der Waals surface area contributed by atoms with E-state index in [1.54, 1.807) is 7.11 Å². The van der Waals surface area contributed by atoms with E-state index in [0.29, 0.717) is 6.54 Å². The maximum Gasteiger partial charge on any atom is 0.121 e. The molecular formula is C16H14BrClN2O. The van der Waals surface area contributed by atoms with E-state index in [1.807, 2.05) is 42.6 Å². The van der Waals surface area contributed by atoms with Crippen LogP contribution < -0.4 is 10.1 Å². The van der Waals surface area contributed by atoms with E-state index in [1.165, 1.54) is 10.9 Å². The third kappa shape index (κ3) is 3.01. The molecule has 3 aromatic rings. The van der Waals surface area contributed by atoms with Crippen molar-refractivity contribution in [2.75, 3.05) is 12.4 Å². The third-order valence-electron chi connectivity index (χ3n) is 3.37. The van der Waals surface area contributed by atoms with Gasteiger partial charge in [-0.3, -0.25) is 0 Å². The molecule has 2 aromatic carbocycles. The molecule has 3 rings (SSSR count). The van der Waals surface area contributed by atoms with Gasteiger partial charge in [0.15, 0.2) is 0 Å². The lowest BCUT2D eigenvalue weighted by atomic mass is 10.1. The average molecular weight is 366 g/mol. The van der Waals surface area contributed by atoms with E-state index in [2.05, 4.69) is 26.2 Å². The zero-order valence-electron chi connectivity index (χ0n) is 11.4. The fourth-order valence-corrected chi connectivity index (χ4v) is 2.82. The van der Waals surface area contributed by atoms with Crippen LogP contribution in [-0.2, 0) is 6.54 Å². The highest BCUT2D eigenvalue weighted by Crippen LogP contribution is 2.28. The molecule has 0 aliphatic rings. The summed E-state index contributed by atoms with van der Waals surface area (Å²) in [5, 5.41) is 5.32. The summed E-state index contributed by atoms with van der Waals surface area (Å²) in [6, 6.07) is 11.7. The predicted octanol–water partition coefficient (Wildman–Crippen LogP) is 5.20. The smallest absolute Gasteiger partial charge is 0.121 e. The fourth-order valence-electron chi connectivity index (χ4n) is 2.26. The first kappa shape index (κ1) is 14.3. The van der Waals surface area contributed by atoms with Gasteiger partial charge in [0.25, 0.3) is 0 Å². The highest BCUT2D eigenvalue weighted by molar-refractivity contribution is 9.10. The van der Waals surface area contributed by atoms with Crippen LogP contribution in [0.25, 0.3) is 10.9 Å². The molecule has 1 aromatic heterocycles. The summed E-state index contributed by atoms with van der Waals surface area (Å²) in [5.41, 5.74) is 3.23. The monoisotopic (exact) mass is 364 g/mol. The summed E-state index contributed by atoms with van der Waals surface area (Å²) in [5.74, 6) is 0.825. The van der Waals surface area contributed by atoms with Crippen LogP contribution >= 0.6 is 27.5 Å². The van der Waals surface area contributed by atoms with Crippen molar-refractivity contribution < 1.29 is 4.74 Å². The van der Waals surface area contributed by atoms with Gasteiger partial charge in [-0.25, -0.2) is 0 Å². The highest BCUT2D eigenvalue weighted by atomic mass is 79.9. The maximum atomic E-state index is 6.00. The molecule has 0 aliphatic carbocycles. The Kier molecular flexibility index (Phi) is 4.08. The van der Waals surface area contributed by atoms with Crippen LogP contribution in [0.5, 0.6) is 5.75 Å². The van der Waals surface area contributed by atoms with Crippen LogP contribution in [0.1, 0.15) is 5.56 Å². The number of nitrogens with one attached hydrogen (secondary N) is 2. The molecule has 0 aliphatic heterocycles. The minimum atomic E-state index is 0.716. The Morgan fingerprint density at radius 2 is 2.10 bits per heavy atom. The molecule has 0 saturated carbocycles. The van der Waals surface area contributed by atoms with Gasteiger partial charge in [0, 0.05) is 39.2 Å². The number of hydrogen-bond acceptors (Lipinski definition) is 2. The molecule has 2 N–H and O–H groups in total. The van der Waals surface area contributed by atoms with E-state index in [-0.39, 0.29) is 0 Å². The van der Waals surface area contributed by atoms with Crippen molar-refractivity contribution in [2.45, 2.75) is 6.54 Å². The molecule has 0 spiro atoms. The number of aromatic amines is 1. The second kappa shape index (κ2) is 6.00. The largest absolute Gasteiger partial charge is 0.497 e.